The average Bonchev–Trinajstić information content (AvgIpc) is 2.24. The molecule has 114 valence electrons. The molecule has 0 atom stereocenters. The molecule has 0 radical (unpaired) electrons. The van der Waals surface area contributed by atoms with E-state index in [9.17, 15) is 30.4 Å². The van der Waals surface area contributed by atoms with Gasteiger partial charge in [-0.3, -0.25) is 0 Å². The summed E-state index contributed by atoms with van der Waals surface area (Å²) in [5, 5.41) is -1.04. The fourth-order valence-corrected chi connectivity index (χ4v) is 2.54. The predicted molar refractivity (Wildman–Crippen MR) is 58.5 cm³/mol. The van der Waals surface area contributed by atoms with E-state index in [1.807, 2.05) is 0 Å². The molecule has 0 saturated heterocycles. The Labute approximate surface area is 118 Å². The summed E-state index contributed by atoms with van der Waals surface area (Å²) in [7, 11) is 0.392. The third-order valence-corrected chi connectivity index (χ3v) is 3.40. The van der Waals surface area contributed by atoms with Gasteiger partial charge in [-0.05, 0) is 6.07 Å². The second kappa shape index (κ2) is 5.86. The SMILES string of the molecule is O=S(=O)(Cl)c1nc(C(F)F)c(OC(F)(F)F)cc1CCl. The maximum atomic E-state index is 12.6. The van der Waals surface area contributed by atoms with Gasteiger partial charge in [0.2, 0.25) is 0 Å². The molecule has 0 saturated carbocycles. The highest BCUT2D eigenvalue weighted by Crippen LogP contribution is 2.35. The van der Waals surface area contributed by atoms with Crippen LogP contribution in [0.25, 0.3) is 0 Å². The van der Waals surface area contributed by atoms with Crippen LogP contribution in [-0.4, -0.2) is 19.8 Å². The lowest BCUT2D eigenvalue weighted by Gasteiger charge is -2.14. The van der Waals surface area contributed by atoms with Gasteiger partial charge in [0, 0.05) is 16.2 Å². The number of pyridine rings is 1. The van der Waals surface area contributed by atoms with Gasteiger partial charge in [-0.1, -0.05) is 0 Å². The van der Waals surface area contributed by atoms with E-state index in [0.29, 0.717) is 6.07 Å². The van der Waals surface area contributed by atoms with Crippen LogP contribution >= 0.6 is 22.3 Å². The third kappa shape index (κ3) is 4.32. The summed E-state index contributed by atoms with van der Waals surface area (Å²) in [5.41, 5.74) is -2.00. The zero-order chi connectivity index (χ0) is 15.7. The molecule has 0 unspecified atom stereocenters. The lowest BCUT2D eigenvalue weighted by atomic mass is 10.2. The van der Waals surface area contributed by atoms with Crippen LogP contribution in [0.3, 0.4) is 0 Å². The van der Waals surface area contributed by atoms with Crippen molar-refractivity contribution < 1.29 is 35.1 Å². The molecule has 1 aromatic heterocycles. The highest BCUT2D eigenvalue weighted by molar-refractivity contribution is 8.13. The molecule has 1 aromatic rings. The average molecular weight is 360 g/mol. The van der Waals surface area contributed by atoms with Crippen LogP contribution in [0, 0.1) is 0 Å². The fraction of sp³-hybridized carbons (Fsp3) is 0.375. The van der Waals surface area contributed by atoms with E-state index in [1.54, 1.807) is 0 Å². The van der Waals surface area contributed by atoms with Crippen LogP contribution < -0.4 is 4.74 Å². The van der Waals surface area contributed by atoms with Crippen molar-refractivity contribution in [1.29, 1.82) is 0 Å². The van der Waals surface area contributed by atoms with Crippen molar-refractivity contribution >= 4 is 31.3 Å². The minimum atomic E-state index is -5.25. The largest absolute Gasteiger partial charge is 0.573 e. The second-order valence-electron chi connectivity index (χ2n) is 3.26. The smallest absolute Gasteiger partial charge is 0.404 e. The maximum absolute atomic E-state index is 12.6. The van der Waals surface area contributed by atoms with Gasteiger partial charge >= 0.3 is 6.36 Å². The normalized spacial score (nSPS) is 12.8. The topological polar surface area (TPSA) is 56.3 Å². The lowest BCUT2D eigenvalue weighted by molar-refractivity contribution is -0.275. The molecule has 0 aliphatic heterocycles. The highest BCUT2D eigenvalue weighted by Gasteiger charge is 2.35. The predicted octanol–water partition coefficient (Wildman–Crippen LogP) is 3.58. The van der Waals surface area contributed by atoms with Gasteiger partial charge in [-0.2, -0.15) is 0 Å². The minimum Gasteiger partial charge on any atom is -0.404 e. The molecule has 0 amide bonds. The van der Waals surface area contributed by atoms with Crippen LogP contribution in [-0.2, 0) is 14.9 Å². The quantitative estimate of drug-likeness (QED) is 0.468. The molecule has 4 nitrogen and oxygen atoms in total. The Hall–Kier alpha value is -0.870. The summed E-state index contributed by atoms with van der Waals surface area (Å²) in [6.45, 7) is 0. The van der Waals surface area contributed by atoms with Gasteiger partial charge in [0.05, 0.1) is 5.88 Å². The van der Waals surface area contributed by atoms with Gasteiger partial charge in [0.15, 0.2) is 16.5 Å². The van der Waals surface area contributed by atoms with Crippen LogP contribution in [0.2, 0.25) is 0 Å². The van der Waals surface area contributed by atoms with E-state index in [4.69, 9.17) is 22.3 Å². The van der Waals surface area contributed by atoms with E-state index in [1.165, 1.54) is 0 Å². The summed E-state index contributed by atoms with van der Waals surface area (Å²) < 4.78 is 87.1. The minimum absolute atomic E-state index is 0.407. The number of nitrogens with zero attached hydrogens (tertiary/aromatic N) is 1. The molecule has 0 spiro atoms. The van der Waals surface area contributed by atoms with Crippen molar-refractivity contribution in [2.45, 2.75) is 23.7 Å². The Balaban J connectivity index is 3.54. The molecular weight excluding hydrogens is 356 g/mol. The molecule has 1 heterocycles. The molecule has 0 fully saturated rings. The Bertz CT molecular complexity index is 605. The number of halogens is 7. The first-order valence-electron chi connectivity index (χ1n) is 4.54. The number of aromatic nitrogens is 1. The molecule has 0 aromatic carbocycles. The number of rotatable bonds is 4. The van der Waals surface area contributed by atoms with Gasteiger partial charge in [-0.25, -0.2) is 22.2 Å². The Morgan fingerprint density at radius 1 is 1.35 bits per heavy atom. The third-order valence-electron chi connectivity index (χ3n) is 1.86. The number of alkyl halides is 6. The fourth-order valence-electron chi connectivity index (χ4n) is 1.20. The summed E-state index contributed by atoms with van der Waals surface area (Å²) in [6, 6.07) is 0.407. The van der Waals surface area contributed by atoms with Crippen molar-refractivity contribution in [3.63, 3.8) is 0 Å². The summed E-state index contributed by atoms with van der Waals surface area (Å²) in [6.07, 6.45) is -8.76. The molecule has 0 bridgehead atoms. The second-order valence-corrected chi connectivity index (χ2v) is 6.00. The summed E-state index contributed by atoms with van der Waals surface area (Å²) >= 11 is 5.33. The first-order valence-corrected chi connectivity index (χ1v) is 7.38. The molecule has 0 aliphatic carbocycles. The molecule has 0 aliphatic rings. The maximum Gasteiger partial charge on any atom is 0.573 e. The zero-order valence-electron chi connectivity index (χ0n) is 9.09. The monoisotopic (exact) mass is 359 g/mol. The van der Waals surface area contributed by atoms with Crippen LogP contribution in [0.4, 0.5) is 22.0 Å². The molecule has 20 heavy (non-hydrogen) atoms. The van der Waals surface area contributed by atoms with Gasteiger partial charge in [-0.15, -0.1) is 24.8 Å². The van der Waals surface area contributed by atoms with Gasteiger partial charge in [0.25, 0.3) is 15.5 Å². The number of ether oxygens (including phenoxy) is 1. The summed E-state index contributed by atoms with van der Waals surface area (Å²) in [5.74, 6) is -1.96. The van der Waals surface area contributed by atoms with E-state index >= 15 is 0 Å². The van der Waals surface area contributed by atoms with E-state index < -0.39 is 49.8 Å². The first-order chi connectivity index (χ1) is 8.95. The van der Waals surface area contributed by atoms with Crippen molar-refractivity contribution in [2.75, 3.05) is 0 Å². The van der Waals surface area contributed by atoms with Crippen molar-refractivity contribution in [1.82, 2.24) is 4.98 Å². The Morgan fingerprint density at radius 3 is 2.25 bits per heavy atom. The van der Waals surface area contributed by atoms with E-state index in [-0.39, 0.29) is 0 Å². The molecule has 1 rings (SSSR count). The van der Waals surface area contributed by atoms with Crippen LogP contribution in [0.5, 0.6) is 5.75 Å². The standard InChI is InChI=1S/C8H4Cl2F5NO3S/c9-2-3-1-4(19-8(13,14)15)5(6(11)12)16-7(3)20(10,17)18/h1,6H,2H2. The Morgan fingerprint density at radius 2 is 1.90 bits per heavy atom. The summed E-state index contributed by atoms with van der Waals surface area (Å²) in [4.78, 5) is 2.92. The van der Waals surface area contributed by atoms with Crippen molar-refractivity contribution in [3.8, 4) is 5.75 Å². The van der Waals surface area contributed by atoms with Gasteiger partial charge < -0.3 is 4.74 Å². The lowest BCUT2D eigenvalue weighted by Crippen LogP contribution is -2.19. The van der Waals surface area contributed by atoms with E-state index in [0.717, 1.165) is 0 Å². The highest BCUT2D eigenvalue weighted by atomic mass is 35.7. The van der Waals surface area contributed by atoms with Crippen molar-refractivity contribution in [2.24, 2.45) is 0 Å². The number of hydrogen-bond acceptors (Lipinski definition) is 4. The molecule has 0 N–H and O–H groups in total. The van der Waals surface area contributed by atoms with Crippen LogP contribution in [0.15, 0.2) is 11.1 Å². The first kappa shape index (κ1) is 17.2. The zero-order valence-corrected chi connectivity index (χ0v) is 11.4. The Kier molecular flexibility index (Phi) is 5.03. The molecule has 12 heteroatoms. The van der Waals surface area contributed by atoms with E-state index in [2.05, 4.69) is 9.72 Å². The van der Waals surface area contributed by atoms with Gasteiger partial charge in [0.1, 0.15) is 0 Å². The number of hydrogen-bond donors (Lipinski definition) is 0. The van der Waals surface area contributed by atoms with Crippen molar-refractivity contribution in [3.05, 3.63) is 17.3 Å². The molecular formula is C8H4Cl2F5NO3S. The van der Waals surface area contributed by atoms with Crippen LogP contribution in [0.1, 0.15) is 17.7 Å².